The Bertz CT molecular complexity index is 477. The number of aromatic nitrogens is 1. The molecule has 1 heterocycles. The fourth-order valence-corrected chi connectivity index (χ4v) is 2.13. The molecule has 96 valence electrons. The van der Waals surface area contributed by atoms with Crippen LogP contribution in [-0.2, 0) is 13.0 Å². The summed E-state index contributed by atoms with van der Waals surface area (Å²) in [5.74, 6) is 0.953. The van der Waals surface area contributed by atoms with Gasteiger partial charge in [-0.3, -0.25) is 0 Å². The Morgan fingerprint density at radius 3 is 2.11 bits per heavy atom. The van der Waals surface area contributed by atoms with E-state index < -0.39 is 0 Å². The summed E-state index contributed by atoms with van der Waals surface area (Å²) in [5, 5.41) is 0. The predicted octanol–water partition coefficient (Wildman–Crippen LogP) is 3.75. The molecule has 0 fully saturated rings. The lowest BCUT2D eigenvalue weighted by Gasteiger charge is -2.11. The molecule has 0 spiro atoms. The Morgan fingerprint density at radius 1 is 0.944 bits per heavy atom. The van der Waals surface area contributed by atoms with E-state index in [1.165, 1.54) is 17.0 Å². The van der Waals surface area contributed by atoms with E-state index in [1.54, 1.807) is 0 Å². The van der Waals surface area contributed by atoms with Crippen LogP contribution in [0.15, 0.2) is 36.4 Å². The molecule has 0 saturated carbocycles. The van der Waals surface area contributed by atoms with Gasteiger partial charge < -0.3 is 9.30 Å². The fourth-order valence-electron chi connectivity index (χ4n) is 2.13. The highest BCUT2D eigenvalue weighted by atomic mass is 16.5. The lowest BCUT2D eigenvalue weighted by molar-refractivity contribution is 0.296. The maximum absolute atomic E-state index is 5.77. The minimum absolute atomic E-state index is 0.710. The summed E-state index contributed by atoms with van der Waals surface area (Å²) in [6.07, 6.45) is 1.07. The van der Waals surface area contributed by atoms with Gasteiger partial charge in [0.25, 0.3) is 0 Å². The zero-order chi connectivity index (χ0) is 13.0. The highest BCUT2D eigenvalue weighted by Crippen LogP contribution is 2.13. The summed E-state index contributed by atoms with van der Waals surface area (Å²) in [5.41, 5.74) is 3.93. The average molecular weight is 243 g/mol. The maximum atomic E-state index is 5.77. The number of hydrogen-bond donors (Lipinski definition) is 0. The molecule has 0 saturated heterocycles. The third-order valence-corrected chi connectivity index (χ3v) is 3.33. The number of benzene rings is 1. The van der Waals surface area contributed by atoms with Gasteiger partial charge in [0.2, 0.25) is 0 Å². The largest absolute Gasteiger partial charge is 0.492 e. The van der Waals surface area contributed by atoms with Crippen LogP contribution in [0.5, 0.6) is 5.75 Å². The lowest BCUT2D eigenvalue weighted by atomic mass is 10.2. The van der Waals surface area contributed by atoms with Crippen molar-refractivity contribution in [1.29, 1.82) is 0 Å². The van der Waals surface area contributed by atoms with Gasteiger partial charge in [0, 0.05) is 11.4 Å². The zero-order valence-electron chi connectivity index (χ0n) is 11.4. The van der Waals surface area contributed by atoms with Gasteiger partial charge in [-0.15, -0.1) is 0 Å². The summed E-state index contributed by atoms with van der Waals surface area (Å²) in [6, 6.07) is 12.6. The Kier molecular flexibility index (Phi) is 4.08. The quantitative estimate of drug-likeness (QED) is 0.780. The molecule has 2 nitrogen and oxygen atoms in total. The highest BCUT2D eigenvalue weighted by Gasteiger charge is 2.01. The van der Waals surface area contributed by atoms with E-state index in [0.29, 0.717) is 6.61 Å². The number of aryl methyl sites for hydroxylation is 3. The Morgan fingerprint density at radius 2 is 1.56 bits per heavy atom. The second kappa shape index (κ2) is 5.76. The molecule has 0 N–H and O–H groups in total. The van der Waals surface area contributed by atoms with Crippen molar-refractivity contribution < 1.29 is 4.74 Å². The molecule has 18 heavy (non-hydrogen) atoms. The standard InChI is InChI=1S/C16H21NO/c1-4-15-7-9-16(10-8-15)18-12-11-17-13(2)5-6-14(17)3/h5-10H,4,11-12H2,1-3H3. The molecule has 1 aromatic heterocycles. The fraction of sp³-hybridized carbons (Fsp3) is 0.375. The van der Waals surface area contributed by atoms with E-state index >= 15 is 0 Å². The number of hydrogen-bond acceptors (Lipinski definition) is 1. The summed E-state index contributed by atoms with van der Waals surface area (Å²) in [4.78, 5) is 0. The molecule has 0 aliphatic heterocycles. The molecule has 0 radical (unpaired) electrons. The number of ether oxygens (including phenoxy) is 1. The predicted molar refractivity (Wildman–Crippen MR) is 75.2 cm³/mol. The monoisotopic (exact) mass is 243 g/mol. The maximum Gasteiger partial charge on any atom is 0.119 e. The van der Waals surface area contributed by atoms with Crippen molar-refractivity contribution in [3.8, 4) is 5.75 Å². The van der Waals surface area contributed by atoms with Gasteiger partial charge in [-0.25, -0.2) is 0 Å². The van der Waals surface area contributed by atoms with Crippen LogP contribution in [-0.4, -0.2) is 11.2 Å². The lowest BCUT2D eigenvalue weighted by Crippen LogP contribution is -2.10. The van der Waals surface area contributed by atoms with E-state index in [-0.39, 0.29) is 0 Å². The smallest absolute Gasteiger partial charge is 0.119 e. The minimum Gasteiger partial charge on any atom is -0.492 e. The van der Waals surface area contributed by atoms with Crippen molar-refractivity contribution in [1.82, 2.24) is 4.57 Å². The van der Waals surface area contributed by atoms with Crippen LogP contribution in [0, 0.1) is 13.8 Å². The zero-order valence-corrected chi connectivity index (χ0v) is 11.4. The van der Waals surface area contributed by atoms with Crippen LogP contribution >= 0.6 is 0 Å². The summed E-state index contributed by atoms with van der Waals surface area (Å²) in [7, 11) is 0. The molecular weight excluding hydrogens is 222 g/mol. The molecule has 0 unspecified atom stereocenters. The molecule has 1 aromatic carbocycles. The first-order valence-corrected chi connectivity index (χ1v) is 6.55. The van der Waals surface area contributed by atoms with Gasteiger partial charge in [-0.05, 0) is 50.1 Å². The van der Waals surface area contributed by atoms with Crippen molar-refractivity contribution in [2.75, 3.05) is 6.61 Å². The first kappa shape index (κ1) is 12.7. The summed E-state index contributed by atoms with van der Waals surface area (Å²) < 4.78 is 8.05. The van der Waals surface area contributed by atoms with Crippen LogP contribution in [0.1, 0.15) is 23.9 Å². The molecule has 0 atom stereocenters. The van der Waals surface area contributed by atoms with Gasteiger partial charge >= 0.3 is 0 Å². The van der Waals surface area contributed by atoms with Crippen molar-refractivity contribution >= 4 is 0 Å². The summed E-state index contributed by atoms with van der Waals surface area (Å²) >= 11 is 0. The van der Waals surface area contributed by atoms with Crippen LogP contribution in [0.4, 0.5) is 0 Å². The van der Waals surface area contributed by atoms with E-state index in [4.69, 9.17) is 4.74 Å². The first-order chi connectivity index (χ1) is 8.70. The topological polar surface area (TPSA) is 14.2 Å². The Labute approximate surface area is 109 Å². The second-order valence-corrected chi connectivity index (χ2v) is 4.61. The van der Waals surface area contributed by atoms with E-state index in [9.17, 15) is 0 Å². The first-order valence-electron chi connectivity index (χ1n) is 6.55. The number of rotatable bonds is 5. The average Bonchev–Trinajstić information content (AvgIpc) is 2.71. The van der Waals surface area contributed by atoms with Crippen LogP contribution < -0.4 is 4.74 Å². The van der Waals surface area contributed by atoms with E-state index in [0.717, 1.165) is 18.7 Å². The summed E-state index contributed by atoms with van der Waals surface area (Å²) in [6.45, 7) is 8.03. The second-order valence-electron chi connectivity index (χ2n) is 4.61. The van der Waals surface area contributed by atoms with Gasteiger partial charge in [-0.2, -0.15) is 0 Å². The van der Waals surface area contributed by atoms with Gasteiger partial charge in [0.1, 0.15) is 12.4 Å². The Hall–Kier alpha value is -1.70. The van der Waals surface area contributed by atoms with Crippen LogP contribution in [0.2, 0.25) is 0 Å². The van der Waals surface area contributed by atoms with Gasteiger partial charge in [-0.1, -0.05) is 19.1 Å². The third kappa shape index (κ3) is 2.95. The van der Waals surface area contributed by atoms with Crippen molar-refractivity contribution in [2.45, 2.75) is 33.7 Å². The molecule has 0 bridgehead atoms. The molecular formula is C16H21NO. The van der Waals surface area contributed by atoms with E-state index in [1.807, 2.05) is 12.1 Å². The molecule has 0 aliphatic carbocycles. The van der Waals surface area contributed by atoms with Gasteiger partial charge in [0.05, 0.1) is 6.54 Å². The van der Waals surface area contributed by atoms with Crippen LogP contribution in [0.3, 0.4) is 0 Å². The molecule has 2 rings (SSSR count). The van der Waals surface area contributed by atoms with Crippen molar-refractivity contribution in [3.05, 3.63) is 53.3 Å². The SMILES string of the molecule is CCc1ccc(OCCn2c(C)ccc2C)cc1. The van der Waals surface area contributed by atoms with Crippen LogP contribution in [0.25, 0.3) is 0 Å². The molecule has 0 amide bonds. The van der Waals surface area contributed by atoms with Gasteiger partial charge in [0.15, 0.2) is 0 Å². The van der Waals surface area contributed by atoms with Crippen molar-refractivity contribution in [2.24, 2.45) is 0 Å². The highest BCUT2D eigenvalue weighted by molar-refractivity contribution is 5.27. The third-order valence-electron chi connectivity index (χ3n) is 3.33. The molecule has 0 aliphatic rings. The van der Waals surface area contributed by atoms with Crippen molar-refractivity contribution in [3.63, 3.8) is 0 Å². The molecule has 2 heteroatoms. The van der Waals surface area contributed by atoms with E-state index in [2.05, 4.69) is 49.6 Å². The molecule has 2 aromatic rings. The normalized spacial score (nSPS) is 10.6. The minimum atomic E-state index is 0.710. The number of nitrogens with zero attached hydrogens (tertiary/aromatic N) is 1. The Balaban J connectivity index is 1.88.